The molecular weight excluding hydrogens is 709 g/mol. The molecule has 0 aliphatic rings. The van der Waals surface area contributed by atoms with Crippen molar-refractivity contribution in [2.45, 2.75) is 0 Å². The van der Waals surface area contributed by atoms with Gasteiger partial charge in [-0.25, -0.2) is 19.9 Å². The molecule has 0 fully saturated rings. The number of rotatable bonds is 7. The summed E-state index contributed by atoms with van der Waals surface area (Å²) in [6, 6.07) is 71.4. The molecule has 0 unspecified atom stereocenters. The molecule has 0 radical (unpaired) electrons. The fraction of sp³-hybridized carbons (Fsp3) is 0. The summed E-state index contributed by atoms with van der Waals surface area (Å²) in [4.78, 5) is 21.1. The molecule has 0 spiro atoms. The lowest BCUT2D eigenvalue weighted by atomic mass is 10.0. The van der Waals surface area contributed by atoms with Gasteiger partial charge in [-0.05, 0) is 71.8 Å². The van der Waals surface area contributed by atoms with Crippen molar-refractivity contribution in [2.24, 2.45) is 0 Å². The van der Waals surface area contributed by atoms with Gasteiger partial charge in [0.2, 0.25) is 0 Å². The van der Waals surface area contributed by atoms with E-state index in [0.717, 1.165) is 72.6 Å². The lowest BCUT2D eigenvalue weighted by Gasteiger charge is -2.17. The number of para-hydroxylation sites is 5. The monoisotopic (exact) mass is 742 g/mol. The molecule has 272 valence electrons. The average Bonchev–Trinajstić information content (AvgIpc) is 3.86. The van der Waals surface area contributed by atoms with Gasteiger partial charge in [-0.15, -0.1) is 0 Å². The Kier molecular flexibility index (Phi) is 8.04. The molecule has 0 saturated heterocycles. The Balaban J connectivity index is 1.21. The van der Waals surface area contributed by atoms with Crippen molar-refractivity contribution in [2.75, 3.05) is 0 Å². The highest BCUT2D eigenvalue weighted by atomic mass is 15.1. The van der Waals surface area contributed by atoms with Crippen LogP contribution in [-0.2, 0) is 0 Å². The van der Waals surface area contributed by atoms with Crippen molar-refractivity contribution < 1.29 is 0 Å². The van der Waals surface area contributed by atoms with Crippen molar-refractivity contribution in [3.63, 3.8) is 0 Å². The molecular formula is C52H34N6. The molecule has 3 aromatic heterocycles. The third-order valence-electron chi connectivity index (χ3n) is 10.8. The first kappa shape index (κ1) is 33.4. The van der Waals surface area contributed by atoms with Crippen LogP contribution in [0.15, 0.2) is 206 Å². The highest BCUT2D eigenvalue weighted by Gasteiger charge is 2.22. The van der Waals surface area contributed by atoms with Crippen LogP contribution < -0.4 is 0 Å². The molecule has 0 bridgehead atoms. The topological polar surface area (TPSA) is 61.4 Å². The third-order valence-corrected chi connectivity index (χ3v) is 10.8. The molecule has 11 rings (SSSR count). The van der Waals surface area contributed by atoms with Gasteiger partial charge in [-0.1, -0.05) is 146 Å². The second-order valence-corrected chi connectivity index (χ2v) is 14.3. The summed E-state index contributed by atoms with van der Waals surface area (Å²) in [6.07, 6.45) is 0. The Morgan fingerprint density at radius 2 is 0.845 bits per heavy atom. The van der Waals surface area contributed by atoms with Crippen LogP contribution in [0.3, 0.4) is 0 Å². The van der Waals surface area contributed by atoms with Crippen LogP contribution in [0.25, 0.3) is 101 Å². The van der Waals surface area contributed by atoms with E-state index >= 15 is 0 Å². The molecule has 0 aliphatic carbocycles. The van der Waals surface area contributed by atoms with Gasteiger partial charge in [-0.2, -0.15) is 0 Å². The zero-order valence-corrected chi connectivity index (χ0v) is 31.3. The predicted octanol–water partition coefficient (Wildman–Crippen LogP) is 12.6. The Morgan fingerprint density at radius 3 is 1.55 bits per heavy atom. The summed E-state index contributed by atoms with van der Waals surface area (Å²) in [5, 5.41) is 2.36. The molecule has 0 saturated carbocycles. The fourth-order valence-electron chi connectivity index (χ4n) is 8.10. The summed E-state index contributed by atoms with van der Waals surface area (Å²) >= 11 is 0. The third kappa shape index (κ3) is 5.74. The fourth-order valence-corrected chi connectivity index (χ4v) is 8.10. The Labute approximate surface area is 335 Å². The van der Waals surface area contributed by atoms with E-state index in [1.165, 1.54) is 10.8 Å². The first-order valence-electron chi connectivity index (χ1n) is 19.4. The molecule has 0 atom stereocenters. The summed E-state index contributed by atoms with van der Waals surface area (Å²) in [5.74, 6) is 2.59. The summed E-state index contributed by atoms with van der Waals surface area (Å²) in [7, 11) is 0. The van der Waals surface area contributed by atoms with Gasteiger partial charge in [0.15, 0.2) is 17.5 Å². The van der Waals surface area contributed by atoms with Crippen LogP contribution >= 0.6 is 0 Å². The van der Waals surface area contributed by atoms with Gasteiger partial charge in [-0.3, -0.25) is 4.57 Å². The number of hydrogen-bond donors (Lipinski definition) is 0. The van der Waals surface area contributed by atoms with Gasteiger partial charge in [0.05, 0.1) is 27.8 Å². The Morgan fingerprint density at radius 1 is 0.310 bits per heavy atom. The Hall–Kier alpha value is -7.96. The molecule has 0 aliphatic heterocycles. The lowest BCUT2D eigenvalue weighted by Crippen LogP contribution is -2.05. The van der Waals surface area contributed by atoms with Crippen molar-refractivity contribution >= 4 is 32.8 Å². The van der Waals surface area contributed by atoms with E-state index in [1.807, 2.05) is 36.4 Å². The van der Waals surface area contributed by atoms with E-state index in [2.05, 4.69) is 179 Å². The van der Waals surface area contributed by atoms with Gasteiger partial charge >= 0.3 is 0 Å². The normalized spacial score (nSPS) is 11.4. The lowest BCUT2D eigenvalue weighted by molar-refractivity contribution is 1.06. The minimum atomic E-state index is 0.565. The first-order valence-corrected chi connectivity index (χ1v) is 19.4. The molecule has 6 nitrogen and oxygen atoms in total. The van der Waals surface area contributed by atoms with Gasteiger partial charge < -0.3 is 4.57 Å². The highest BCUT2D eigenvalue weighted by molar-refractivity contribution is 6.09. The van der Waals surface area contributed by atoms with Gasteiger partial charge in [0, 0.05) is 38.7 Å². The maximum atomic E-state index is 5.36. The van der Waals surface area contributed by atoms with E-state index in [9.17, 15) is 0 Å². The predicted molar refractivity (Wildman–Crippen MR) is 236 cm³/mol. The van der Waals surface area contributed by atoms with Crippen LogP contribution in [0.5, 0.6) is 0 Å². The van der Waals surface area contributed by atoms with Crippen LogP contribution in [0, 0.1) is 0 Å². The number of fused-ring (bicyclic) bond motifs is 4. The van der Waals surface area contributed by atoms with Crippen molar-refractivity contribution in [3.05, 3.63) is 206 Å². The van der Waals surface area contributed by atoms with Crippen molar-refractivity contribution in [1.29, 1.82) is 0 Å². The number of imidazole rings is 1. The number of benzene rings is 8. The zero-order chi connectivity index (χ0) is 38.4. The Bertz CT molecular complexity index is 3220. The standard InChI is InChI=1S/C52H34N6/c1-4-17-35(18-5-1)37-21-16-22-38(33-37)50-54-49(36-19-6-2-7-20-36)55-51(56-50)43-34-39(52-53-44-27-12-15-30-48(44)57(52)40-23-8-3-9-24-40)31-32-47(43)58-45-28-13-10-25-41(45)42-26-11-14-29-46(42)58/h1-34H. The van der Waals surface area contributed by atoms with Gasteiger partial charge in [0.1, 0.15) is 5.82 Å². The summed E-state index contributed by atoms with van der Waals surface area (Å²) in [5.41, 5.74) is 12.0. The smallest absolute Gasteiger partial charge is 0.166 e. The summed E-state index contributed by atoms with van der Waals surface area (Å²) < 4.78 is 4.57. The molecule has 3 heterocycles. The second-order valence-electron chi connectivity index (χ2n) is 14.3. The van der Waals surface area contributed by atoms with Gasteiger partial charge in [0.25, 0.3) is 0 Å². The quantitative estimate of drug-likeness (QED) is 0.163. The number of aromatic nitrogens is 6. The number of nitrogens with zero attached hydrogens (tertiary/aromatic N) is 6. The minimum absolute atomic E-state index is 0.565. The molecule has 0 amide bonds. The molecule has 0 N–H and O–H groups in total. The molecule has 11 aromatic rings. The number of hydrogen-bond acceptors (Lipinski definition) is 4. The van der Waals surface area contributed by atoms with Crippen LogP contribution in [0.2, 0.25) is 0 Å². The van der Waals surface area contributed by atoms with Crippen molar-refractivity contribution in [1.82, 2.24) is 29.1 Å². The average molecular weight is 743 g/mol. The van der Waals surface area contributed by atoms with E-state index in [1.54, 1.807) is 0 Å². The van der Waals surface area contributed by atoms with E-state index in [-0.39, 0.29) is 0 Å². The second kappa shape index (κ2) is 14.0. The van der Waals surface area contributed by atoms with Crippen molar-refractivity contribution in [3.8, 4) is 68.1 Å². The van der Waals surface area contributed by atoms with Crippen LogP contribution in [0.4, 0.5) is 0 Å². The van der Waals surface area contributed by atoms with E-state index in [0.29, 0.717) is 17.5 Å². The maximum absolute atomic E-state index is 5.36. The summed E-state index contributed by atoms with van der Waals surface area (Å²) in [6.45, 7) is 0. The zero-order valence-electron chi connectivity index (χ0n) is 31.3. The molecule has 58 heavy (non-hydrogen) atoms. The SMILES string of the molecule is c1ccc(-c2cccc(-c3nc(-c4ccccc4)nc(-c4cc(-c5nc6ccccc6n5-c5ccccc5)ccc4-n4c5ccccc5c5ccccc54)n3)c2)cc1. The molecule has 8 aromatic carbocycles. The maximum Gasteiger partial charge on any atom is 0.166 e. The molecule has 6 heteroatoms. The van der Waals surface area contributed by atoms with E-state index in [4.69, 9.17) is 19.9 Å². The van der Waals surface area contributed by atoms with Crippen LogP contribution in [-0.4, -0.2) is 29.1 Å². The first-order chi connectivity index (χ1) is 28.8. The minimum Gasteiger partial charge on any atom is -0.309 e. The largest absolute Gasteiger partial charge is 0.309 e. The highest BCUT2D eigenvalue weighted by Crippen LogP contribution is 2.39. The van der Waals surface area contributed by atoms with Crippen LogP contribution in [0.1, 0.15) is 0 Å². The van der Waals surface area contributed by atoms with E-state index < -0.39 is 0 Å².